The number of thiocarbonyl (C=S) groups is 1. The van der Waals surface area contributed by atoms with Crippen molar-refractivity contribution in [3.05, 3.63) is 87.0 Å². The normalized spacial score (nSPS) is 14.2. The maximum absolute atomic E-state index is 13.3. The molecule has 196 valence electrons. The summed E-state index contributed by atoms with van der Waals surface area (Å²) in [6.07, 6.45) is 1.65. The summed E-state index contributed by atoms with van der Waals surface area (Å²) in [6, 6.07) is 14.6. The summed E-state index contributed by atoms with van der Waals surface area (Å²) in [7, 11) is 0. The minimum atomic E-state index is -0.405. The van der Waals surface area contributed by atoms with Crippen molar-refractivity contribution in [3.8, 4) is 11.5 Å². The van der Waals surface area contributed by atoms with Crippen LogP contribution in [0.25, 0.3) is 6.08 Å². The first-order valence-electron chi connectivity index (χ1n) is 11.7. The van der Waals surface area contributed by atoms with Gasteiger partial charge in [0.25, 0.3) is 11.8 Å². The Balaban J connectivity index is 1.52. The van der Waals surface area contributed by atoms with E-state index in [1.54, 1.807) is 18.2 Å². The van der Waals surface area contributed by atoms with Crippen LogP contribution in [0.4, 0.5) is 15.8 Å². The van der Waals surface area contributed by atoms with Crippen LogP contribution >= 0.6 is 35.6 Å². The number of anilines is 2. The SMILES string of the molecule is CCOc1cc(/C=C2\SC(=S)N(c3ccc(F)cc3)C2=O)cc(Cl)c1OCC(=O)Nc1ccc(C)cc1C. The summed E-state index contributed by atoms with van der Waals surface area (Å²) in [4.78, 5) is 27.3. The van der Waals surface area contributed by atoms with Crippen LogP contribution < -0.4 is 19.7 Å². The van der Waals surface area contributed by atoms with Crippen molar-refractivity contribution in [2.75, 3.05) is 23.4 Å². The minimum absolute atomic E-state index is 0.218. The van der Waals surface area contributed by atoms with Crippen LogP contribution in [-0.2, 0) is 9.59 Å². The molecule has 0 aromatic heterocycles. The summed E-state index contributed by atoms with van der Waals surface area (Å²) >= 11 is 13.0. The molecule has 0 aliphatic carbocycles. The van der Waals surface area contributed by atoms with Crippen molar-refractivity contribution in [1.29, 1.82) is 0 Å². The topological polar surface area (TPSA) is 67.9 Å². The van der Waals surface area contributed by atoms with Crippen LogP contribution in [0.15, 0.2) is 59.5 Å². The van der Waals surface area contributed by atoms with Gasteiger partial charge in [-0.1, -0.05) is 53.3 Å². The van der Waals surface area contributed by atoms with Gasteiger partial charge in [-0.2, -0.15) is 0 Å². The molecule has 0 spiro atoms. The van der Waals surface area contributed by atoms with Crippen molar-refractivity contribution in [2.45, 2.75) is 20.8 Å². The maximum atomic E-state index is 13.3. The Kier molecular flexibility index (Phi) is 8.71. The molecule has 1 N–H and O–H groups in total. The third kappa shape index (κ3) is 6.35. The number of thioether (sulfide) groups is 1. The summed E-state index contributed by atoms with van der Waals surface area (Å²) in [5.41, 5.74) is 3.81. The van der Waals surface area contributed by atoms with Gasteiger partial charge in [-0.25, -0.2) is 4.39 Å². The Morgan fingerprint density at radius 3 is 2.55 bits per heavy atom. The molecule has 38 heavy (non-hydrogen) atoms. The predicted molar refractivity (Wildman–Crippen MR) is 155 cm³/mol. The van der Waals surface area contributed by atoms with Gasteiger partial charge in [-0.05, 0) is 80.4 Å². The molecule has 1 aliphatic heterocycles. The quantitative estimate of drug-likeness (QED) is 0.234. The number of carbonyl (C=O) groups is 2. The number of hydrogen-bond donors (Lipinski definition) is 1. The van der Waals surface area contributed by atoms with Crippen LogP contribution in [0, 0.1) is 19.7 Å². The number of hydrogen-bond acceptors (Lipinski definition) is 6. The van der Waals surface area contributed by atoms with Gasteiger partial charge in [0.15, 0.2) is 22.4 Å². The number of nitrogens with zero attached hydrogens (tertiary/aromatic N) is 1. The van der Waals surface area contributed by atoms with Crippen LogP contribution in [0.2, 0.25) is 5.02 Å². The molecule has 0 atom stereocenters. The number of nitrogens with one attached hydrogen (secondary N) is 1. The fraction of sp³-hybridized carbons (Fsp3) is 0.179. The first kappa shape index (κ1) is 27.6. The molecule has 1 saturated heterocycles. The van der Waals surface area contributed by atoms with Gasteiger partial charge in [-0.15, -0.1) is 0 Å². The zero-order valence-corrected chi connectivity index (χ0v) is 23.2. The average Bonchev–Trinajstić information content (AvgIpc) is 3.13. The molecule has 2 amide bonds. The molecular formula is C28H24ClFN2O4S2. The van der Waals surface area contributed by atoms with E-state index in [0.29, 0.717) is 38.5 Å². The fourth-order valence-corrected chi connectivity index (χ4v) is 5.36. The molecule has 0 saturated carbocycles. The molecule has 4 rings (SSSR count). The molecule has 0 radical (unpaired) electrons. The Bertz CT molecular complexity index is 1440. The molecule has 3 aromatic carbocycles. The van der Waals surface area contributed by atoms with Crippen molar-refractivity contribution >= 4 is 69.2 Å². The number of amides is 2. The highest BCUT2D eigenvalue weighted by molar-refractivity contribution is 8.27. The second-order valence-corrected chi connectivity index (χ2v) is 10.5. The summed E-state index contributed by atoms with van der Waals surface area (Å²) in [6.45, 7) is 5.76. The summed E-state index contributed by atoms with van der Waals surface area (Å²) in [5, 5.41) is 3.05. The van der Waals surface area contributed by atoms with Gasteiger partial charge in [0.05, 0.1) is 22.2 Å². The third-order valence-corrected chi connectivity index (χ3v) is 7.09. The van der Waals surface area contributed by atoms with E-state index < -0.39 is 5.82 Å². The number of benzene rings is 3. The molecule has 1 fully saturated rings. The van der Waals surface area contributed by atoms with Gasteiger partial charge in [0.2, 0.25) is 0 Å². The Hall–Kier alpha value is -3.40. The van der Waals surface area contributed by atoms with Crippen LogP contribution in [0.3, 0.4) is 0 Å². The molecule has 3 aromatic rings. The van der Waals surface area contributed by atoms with Crippen molar-refractivity contribution < 1.29 is 23.5 Å². The summed E-state index contributed by atoms with van der Waals surface area (Å²) < 4.78 is 25.1. The number of rotatable bonds is 8. The summed E-state index contributed by atoms with van der Waals surface area (Å²) in [5.74, 6) is -0.522. The van der Waals surface area contributed by atoms with E-state index >= 15 is 0 Å². The van der Waals surface area contributed by atoms with E-state index in [2.05, 4.69) is 5.32 Å². The Morgan fingerprint density at radius 2 is 1.87 bits per heavy atom. The number of carbonyl (C=O) groups excluding carboxylic acids is 2. The molecule has 0 bridgehead atoms. The second kappa shape index (κ2) is 12.0. The first-order valence-corrected chi connectivity index (χ1v) is 13.3. The van der Waals surface area contributed by atoms with E-state index in [0.717, 1.165) is 22.9 Å². The largest absolute Gasteiger partial charge is 0.490 e. The third-order valence-electron chi connectivity index (χ3n) is 5.51. The fourth-order valence-electron chi connectivity index (χ4n) is 3.78. The second-order valence-electron chi connectivity index (χ2n) is 8.41. The highest BCUT2D eigenvalue weighted by Crippen LogP contribution is 2.40. The van der Waals surface area contributed by atoms with E-state index in [4.69, 9.17) is 33.3 Å². The zero-order chi connectivity index (χ0) is 27.4. The van der Waals surface area contributed by atoms with Gasteiger partial charge < -0.3 is 14.8 Å². The monoisotopic (exact) mass is 570 g/mol. The van der Waals surface area contributed by atoms with Crippen LogP contribution in [0.5, 0.6) is 11.5 Å². The van der Waals surface area contributed by atoms with Crippen molar-refractivity contribution in [1.82, 2.24) is 0 Å². The standard InChI is InChI=1S/C28H24ClFN2O4S2/c1-4-35-23-13-18(14-24-27(34)32(28(37)38-24)20-8-6-19(30)7-9-20)12-21(29)26(23)36-15-25(33)31-22-10-5-16(2)11-17(22)3/h5-14H,4,15H2,1-3H3,(H,31,33)/b24-14-. The molecule has 1 aliphatic rings. The highest BCUT2D eigenvalue weighted by Gasteiger charge is 2.33. The lowest BCUT2D eigenvalue weighted by atomic mass is 10.1. The lowest BCUT2D eigenvalue weighted by Crippen LogP contribution is -2.27. The number of ether oxygens (including phenoxy) is 2. The molecule has 1 heterocycles. The molecule has 0 unspecified atom stereocenters. The smallest absolute Gasteiger partial charge is 0.270 e. The number of aryl methyl sites for hydroxylation is 2. The van der Waals surface area contributed by atoms with Crippen molar-refractivity contribution in [2.24, 2.45) is 0 Å². The van der Waals surface area contributed by atoms with Gasteiger partial charge >= 0.3 is 0 Å². The molecule has 10 heteroatoms. The Morgan fingerprint density at radius 1 is 1.13 bits per heavy atom. The van der Waals surface area contributed by atoms with Gasteiger partial charge in [0, 0.05) is 5.69 Å². The average molecular weight is 571 g/mol. The minimum Gasteiger partial charge on any atom is -0.490 e. The zero-order valence-electron chi connectivity index (χ0n) is 20.8. The Labute approximate surface area is 234 Å². The lowest BCUT2D eigenvalue weighted by Gasteiger charge is -2.15. The van der Waals surface area contributed by atoms with Gasteiger partial charge in [-0.3, -0.25) is 14.5 Å². The first-order chi connectivity index (χ1) is 18.2. The molecular weight excluding hydrogens is 547 g/mol. The van der Waals surface area contributed by atoms with E-state index in [1.807, 2.05) is 39.0 Å². The van der Waals surface area contributed by atoms with Crippen LogP contribution in [-0.4, -0.2) is 29.3 Å². The van der Waals surface area contributed by atoms with Crippen molar-refractivity contribution in [3.63, 3.8) is 0 Å². The van der Waals surface area contributed by atoms with E-state index in [9.17, 15) is 14.0 Å². The van der Waals surface area contributed by atoms with Crippen LogP contribution in [0.1, 0.15) is 23.6 Å². The van der Waals surface area contributed by atoms with E-state index in [-0.39, 0.29) is 29.2 Å². The predicted octanol–water partition coefficient (Wildman–Crippen LogP) is 6.92. The highest BCUT2D eigenvalue weighted by atomic mass is 35.5. The van der Waals surface area contributed by atoms with Gasteiger partial charge in [0.1, 0.15) is 5.82 Å². The maximum Gasteiger partial charge on any atom is 0.270 e. The molecule has 6 nitrogen and oxygen atoms in total. The lowest BCUT2D eigenvalue weighted by molar-refractivity contribution is -0.118. The van der Waals surface area contributed by atoms with E-state index in [1.165, 1.54) is 29.2 Å². The number of halogens is 2.